The molecular weight excluding hydrogens is 222 g/mol. The molecule has 0 spiro atoms. The van der Waals surface area contributed by atoms with E-state index in [0.29, 0.717) is 6.04 Å². The summed E-state index contributed by atoms with van der Waals surface area (Å²) in [5.74, 6) is 0.830. The van der Waals surface area contributed by atoms with E-state index in [1.165, 1.54) is 23.6 Å². The van der Waals surface area contributed by atoms with Gasteiger partial charge in [0.2, 0.25) is 0 Å². The quantitative estimate of drug-likeness (QED) is 0.893. The Morgan fingerprint density at radius 2 is 1.94 bits per heavy atom. The maximum absolute atomic E-state index is 4.41. The van der Waals surface area contributed by atoms with E-state index < -0.39 is 0 Å². The van der Waals surface area contributed by atoms with Gasteiger partial charge < -0.3 is 5.32 Å². The molecule has 3 nitrogen and oxygen atoms in total. The molecule has 3 rings (SSSR count). The summed E-state index contributed by atoms with van der Waals surface area (Å²) in [4.78, 5) is 0. The second-order valence-corrected chi connectivity index (χ2v) is 5.21. The number of rotatable bonds is 4. The summed E-state index contributed by atoms with van der Waals surface area (Å²) >= 11 is 0. The molecule has 1 N–H and O–H groups in total. The fourth-order valence-corrected chi connectivity index (χ4v) is 2.66. The average molecular weight is 241 g/mol. The molecular formula is C15H19N3. The molecule has 18 heavy (non-hydrogen) atoms. The number of hydrogen-bond acceptors (Lipinski definition) is 3. The van der Waals surface area contributed by atoms with Crippen LogP contribution in [-0.4, -0.2) is 23.3 Å². The van der Waals surface area contributed by atoms with Gasteiger partial charge in [-0.15, -0.1) is 0 Å². The Hall–Kier alpha value is -1.48. The number of fused-ring (bicyclic) bond motifs is 1. The number of likely N-dealkylation sites (N-methyl/N-ethyl adjacent to an activating group) is 1. The molecule has 1 atom stereocenters. The van der Waals surface area contributed by atoms with Crippen molar-refractivity contribution < 1.29 is 0 Å². The van der Waals surface area contributed by atoms with E-state index in [-0.39, 0.29) is 0 Å². The van der Waals surface area contributed by atoms with Crippen LogP contribution in [-0.2, 0) is 6.42 Å². The zero-order chi connectivity index (χ0) is 12.5. The Bertz CT molecular complexity index is 561. The Kier molecular flexibility index (Phi) is 3.00. The predicted octanol–water partition coefficient (Wildman–Crippen LogP) is 2.48. The fraction of sp³-hybridized carbons (Fsp3) is 0.467. The van der Waals surface area contributed by atoms with Crippen LogP contribution in [0.4, 0.5) is 0 Å². The first-order valence-corrected chi connectivity index (χ1v) is 6.67. The summed E-state index contributed by atoms with van der Waals surface area (Å²) in [7, 11) is 2.05. The number of aromatic nitrogens is 2. The minimum absolute atomic E-state index is 0.547. The number of nitrogens with zero attached hydrogens (tertiary/aromatic N) is 2. The van der Waals surface area contributed by atoms with Gasteiger partial charge in [-0.05, 0) is 32.7 Å². The summed E-state index contributed by atoms with van der Waals surface area (Å²) in [6.45, 7) is 2.02. The third kappa shape index (κ3) is 2.10. The second-order valence-electron chi connectivity index (χ2n) is 5.21. The van der Waals surface area contributed by atoms with Gasteiger partial charge in [-0.3, -0.25) is 0 Å². The zero-order valence-electron chi connectivity index (χ0n) is 11.0. The minimum atomic E-state index is 0.547. The molecule has 0 radical (unpaired) electrons. The number of benzene rings is 1. The van der Waals surface area contributed by atoms with E-state index in [9.17, 15) is 0 Å². The van der Waals surface area contributed by atoms with Crippen LogP contribution in [0, 0.1) is 12.8 Å². The van der Waals surface area contributed by atoms with Gasteiger partial charge in [0.15, 0.2) is 0 Å². The maximum Gasteiger partial charge on any atom is 0.0725 e. The SMILES string of the molecule is CNC(Cc1nnc(C)c2ccccc12)C1CC1. The summed E-state index contributed by atoms with van der Waals surface area (Å²) < 4.78 is 0. The van der Waals surface area contributed by atoms with Gasteiger partial charge in [-0.1, -0.05) is 24.3 Å². The van der Waals surface area contributed by atoms with Gasteiger partial charge in [0, 0.05) is 23.2 Å². The van der Waals surface area contributed by atoms with Gasteiger partial charge >= 0.3 is 0 Å². The van der Waals surface area contributed by atoms with Crippen molar-refractivity contribution in [3.05, 3.63) is 35.7 Å². The molecule has 0 amide bonds. The highest BCUT2D eigenvalue weighted by atomic mass is 15.1. The Morgan fingerprint density at radius 3 is 2.61 bits per heavy atom. The smallest absolute Gasteiger partial charge is 0.0725 e. The molecule has 0 aliphatic heterocycles. The number of aryl methyl sites for hydroxylation is 1. The molecule has 94 valence electrons. The first-order chi connectivity index (χ1) is 8.79. The molecule has 1 fully saturated rings. The van der Waals surface area contributed by atoms with Gasteiger partial charge in [0.05, 0.1) is 11.4 Å². The lowest BCUT2D eigenvalue weighted by Crippen LogP contribution is -2.30. The van der Waals surface area contributed by atoms with Crippen molar-refractivity contribution in [2.24, 2.45) is 5.92 Å². The van der Waals surface area contributed by atoms with Crippen LogP contribution in [0.3, 0.4) is 0 Å². The summed E-state index contributed by atoms with van der Waals surface area (Å²) in [5.41, 5.74) is 2.14. The first-order valence-electron chi connectivity index (χ1n) is 6.67. The van der Waals surface area contributed by atoms with E-state index >= 15 is 0 Å². The Morgan fingerprint density at radius 1 is 1.22 bits per heavy atom. The zero-order valence-corrected chi connectivity index (χ0v) is 11.0. The van der Waals surface area contributed by atoms with Crippen LogP contribution in [0.1, 0.15) is 24.2 Å². The predicted molar refractivity (Wildman–Crippen MR) is 73.6 cm³/mol. The molecule has 1 heterocycles. The van der Waals surface area contributed by atoms with Crippen molar-refractivity contribution in [1.29, 1.82) is 0 Å². The molecule has 1 unspecified atom stereocenters. The fourth-order valence-electron chi connectivity index (χ4n) is 2.66. The normalized spacial score (nSPS) is 17.0. The van der Waals surface area contributed by atoms with Gasteiger partial charge in [0.1, 0.15) is 0 Å². The van der Waals surface area contributed by atoms with Crippen molar-refractivity contribution in [1.82, 2.24) is 15.5 Å². The molecule has 1 aliphatic rings. The van der Waals surface area contributed by atoms with Crippen LogP contribution in [0.25, 0.3) is 10.8 Å². The maximum atomic E-state index is 4.41. The lowest BCUT2D eigenvalue weighted by Gasteiger charge is -2.15. The van der Waals surface area contributed by atoms with Crippen LogP contribution in [0.5, 0.6) is 0 Å². The van der Waals surface area contributed by atoms with Crippen molar-refractivity contribution in [3.63, 3.8) is 0 Å². The molecule has 2 aromatic rings. The first kappa shape index (κ1) is 11.6. The van der Waals surface area contributed by atoms with Gasteiger partial charge in [0.25, 0.3) is 0 Å². The summed E-state index contributed by atoms with van der Waals surface area (Å²) in [5, 5.41) is 14.6. The summed E-state index contributed by atoms with van der Waals surface area (Å²) in [6.07, 6.45) is 3.68. The van der Waals surface area contributed by atoms with Crippen molar-refractivity contribution in [2.75, 3.05) is 7.05 Å². The van der Waals surface area contributed by atoms with Gasteiger partial charge in [-0.2, -0.15) is 10.2 Å². The van der Waals surface area contributed by atoms with Crippen LogP contribution in [0.15, 0.2) is 24.3 Å². The molecule has 1 aromatic heterocycles. The highest BCUT2D eigenvalue weighted by Gasteiger charge is 2.30. The molecule has 1 saturated carbocycles. The monoisotopic (exact) mass is 241 g/mol. The molecule has 3 heteroatoms. The van der Waals surface area contributed by atoms with Crippen LogP contribution in [0.2, 0.25) is 0 Å². The van der Waals surface area contributed by atoms with E-state index in [0.717, 1.165) is 23.7 Å². The lowest BCUT2D eigenvalue weighted by atomic mass is 10.0. The molecule has 0 saturated heterocycles. The lowest BCUT2D eigenvalue weighted by molar-refractivity contribution is 0.495. The van der Waals surface area contributed by atoms with Crippen LogP contribution < -0.4 is 5.32 Å². The van der Waals surface area contributed by atoms with Gasteiger partial charge in [-0.25, -0.2) is 0 Å². The van der Waals surface area contributed by atoms with Crippen molar-refractivity contribution >= 4 is 10.8 Å². The molecule has 0 bridgehead atoms. The minimum Gasteiger partial charge on any atom is -0.316 e. The number of hydrogen-bond donors (Lipinski definition) is 1. The number of nitrogens with one attached hydrogen (secondary N) is 1. The van der Waals surface area contributed by atoms with Crippen LogP contribution >= 0.6 is 0 Å². The van der Waals surface area contributed by atoms with E-state index in [1.807, 2.05) is 14.0 Å². The highest BCUT2D eigenvalue weighted by Crippen LogP contribution is 2.34. The standard InChI is InChI=1S/C15H19N3/c1-10-12-5-3-4-6-13(12)15(18-17-10)9-14(16-2)11-7-8-11/h3-6,11,14,16H,7-9H2,1-2H3. The van der Waals surface area contributed by atoms with E-state index in [1.54, 1.807) is 0 Å². The highest BCUT2D eigenvalue weighted by molar-refractivity contribution is 5.86. The Labute approximate surface area is 108 Å². The van der Waals surface area contributed by atoms with E-state index in [4.69, 9.17) is 0 Å². The largest absolute Gasteiger partial charge is 0.316 e. The molecule has 1 aliphatic carbocycles. The Balaban J connectivity index is 1.98. The van der Waals surface area contributed by atoms with E-state index in [2.05, 4.69) is 39.8 Å². The van der Waals surface area contributed by atoms with Crippen molar-refractivity contribution in [3.8, 4) is 0 Å². The topological polar surface area (TPSA) is 37.8 Å². The second kappa shape index (κ2) is 4.65. The summed E-state index contributed by atoms with van der Waals surface area (Å²) in [6, 6.07) is 8.99. The third-order valence-electron chi connectivity index (χ3n) is 3.92. The third-order valence-corrected chi connectivity index (χ3v) is 3.92. The molecule has 1 aromatic carbocycles. The average Bonchev–Trinajstić information content (AvgIpc) is 3.23. The van der Waals surface area contributed by atoms with Crippen molar-refractivity contribution in [2.45, 2.75) is 32.2 Å².